The molecule has 1 N–H and O–H groups in total. The van der Waals surface area contributed by atoms with Crippen molar-refractivity contribution in [2.24, 2.45) is 5.92 Å². The second kappa shape index (κ2) is 8.80. The van der Waals surface area contributed by atoms with Crippen LogP contribution in [-0.2, 0) is 12.8 Å². The molecular weight excluding hydrogens is 280 g/mol. The molecule has 0 bridgehead atoms. The molecule has 0 radical (unpaired) electrons. The van der Waals surface area contributed by atoms with E-state index < -0.39 is 0 Å². The van der Waals surface area contributed by atoms with Crippen molar-refractivity contribution in [1.29, 1.82) is 0 Å². The van der Waals surface area contributed by atoms with Crippen LogP contribution in [0.25, 0.3) is 0 Å². The lowest BCUT2D eigenvalue weighted by Crippen LogP contribution is -2.26. The van der Waals surface area contributed by atoms with E-state index in [0.717, 1.165) is 38.1 Å². The number of thiazole rings is 1. The van der Waals surface area contributed by atoms with Crippen LogP contribution in [0.2, 0.25) is 0 Å². The molecule has 3 nitrogen and oxygen atoms in total. The fourth-order valence-corrected chi connectivity index (χ4v) is 3.09. The molecule has 1 unspecified atom stereocenters. The molecule has 0 aliphatic heterocycles. The highest BCUT2D eigenvalue weighted by Crippen LogP contribution is 2.22. The second-order valence-corrected chi connectivity index (χ2v) is 5.99. The minimum Gasteiger partial charge on any atom is -0.496 e. The first-order valence-electron chi connectivity index (χ1n) is 7.53. The zero-order valence-corrected chi connectivity index (χ0v) is 13.7. The van der Waals surface area contributed by atoms with Gasteiger partial charge < -0.3 is 10.1 Å². The Bertz CT molecular complexity index is 513. The summed E-state index contributed by atoms with van der Waals surface area (Å²) in [6, 6.07) is 8.30. The normalized spacial score (nSPS) is 12.3. The Morgan fingerprint density at radius 3 is 2.86 bits per heavy atom. The average molecular weight is 304 g/mol. The van der Waals surface area contributed by atoms with Crippen molar-refractivity contribution in [2.45, 2.75) is 26.2 Å². The molecule has 1 aromatic heterocycles. The minimum atomic E-state index is 0.537. The van der Waals surface area contributed by atoms with E-state index in [1.165, 1.54) is 11.3 Å². The van der Waals surface area contributed by atoms with Gasteiger partial charge in [-0.3, -0.25) is 0 Å². The predicted octanol–water partition coefficient (Wildman–Crippen LogP) is 3.55. The van der Waals surface area contributed by atoms with Crippen molar-refractivity contribution in [3.63, 3.8) is 0 Å². The first kappa shape index (κ1) is 16.0. The highest BCUT2D eigenvalue weighted by Gasteiger charge is 2.14. The van der Waals surface area contributed by atoms with Gasteiger partial charge in [0.25, 0.3) is 0 Å². The van der Waals surface area contributed by atoms with Crippen molar-refractivity contribution in [3.8, 4) is 5.75 Å². The zero-order valence-electron chi connectivity index (χ0n) is 12.8. The Labute approximate surface area is 131 Å². The summed E-state index contributed by atoms with van der Waals surface area (Å²) in [4.78, 5) is 4.43. The summed E-state index contributed by atoms with van der Waals surface area (Å²) in [5.74, 6) is 1.52. The molecule has 0 fully saturated rings. The van der Waals surface area contributed by atoms with Gasteiger partial charge in [-0.2, -0.15) is 0 Å². The quantitative estimate of drug-likeness (QED) is 0.719. The smallest absolute Gasteiger partial charge is 0.122 e. The van der Waals surface area contributed by atoms with Gasteiger partial charge in [0.05, 0.1) is 18.3 Å². The van der Waals surface area contributed by atoms with E-state index in [1.807, 2.05) is 17.6 Å². The number of benzene rings is 1. The van der Waals surface area contributed by atoms with E-state index in [2.05, 4.69) is 34.7 Å². The molecule has 0 aliphatic carbocycles. The van der Waals surface area contributed by atoms with Crippen LogP contribution in [0, 0.1) is 5.92 Å². The van der Waals surface area contributed by atoms with Gasteiger partial charge in [-0.05, 0) is 49.9 Å². The number of ether oxygens (including phenoxy) is 1. The van der Waals surface area contributed by atoms with Crippen LogP contribution in [0.5, 0.6) is 5.75 Å². The molecule has 0 saturated carbocycles. The van der Waals surface area contributed by atoms with E-state index in [9.17, 15) is 0 Å². The van der Waals surface area contributed by atoms with E-state index in [0.29, 0.717) is 5.92 Å². The maximum absolute atomic E-state index is 5.47. The Balaban J connectivity index is 2.03. The third-order valence-electron chi connectivity index (χ3n) is 3.54. The lowest BCUT2D eigenvalue weighted by molar-refractivity contribution is 0.400. The maximum Gasteiger partial charge on any atom is 0.122 e. The highest BCUT2D eigenvalue weighted by molar-refractivity contribution is 7.07. The van der Waals surface area contributed by atoms with Crippen molar-refractivity contribution in [1.82, 2.24) is 10.3 Å². The summed E-state index contributed by atoms with van der Waals surface area (Å²) in [6.07, 6.45) is 3.19. The van der Waals surface area contributed by atoms with Crippen LogP contribution in [-0.4, -0.2) is 25.2 Å². The number of nitrogens with zero attached hydrogens (tertiary/aromatic N) is 1. The Morgan fingerprint density at radius 2 is 2.14 bits per heavy atom. The fourth-order valence-electron chi connectivity index (χ4n) is 2.52. The number of nitrogens with one attached hydrogen (secondary N) is 1. The zero-order chi connectivity index (χ0) is 14.9. The summed E-state index contributed by atoms with van der Waals surface area (Å²) >= 11 is 1.67. The van der Waals surface area contributed by atoms with Crippen LogP contribution in [0.3, 0.4) is 0 Å². The van der Waals surface area contributed by atoms with Gasteiger partial charge >= 0.3 is 0 Å². The molecule has 1 atom stereocenters. The number of para-hydroxylation sites is 1. The molecule has 1 heterocycles. The largest absolute Gasteiger partial charge is 0.496 e. The van der Waals surface area contributed by atoms with Crippen LogP contribution < -0.4 is 10.1 Å². The third-order valence-corrected chi connectivity index (χ3v) is 4.18. The molecule has 0 amide bonds. The lowest BCUT2D eigenvalue weighted by atomic mass is 9.94. The van der Waals surface area contributed by atoms with Gasteiger partial charge in [0.2, 0.25) is 0 Å². The molecule has 0 spiro atoms. The maximum atomic E-state index is 5.47. The molecule has 0 saturated heterocycles. The minimum absolute atomic E-state index is 0.537. The molecule has 4 heteroatoms. The summed E-state index contributed by atoms with van der Waals surface area (Å²) in [7, 11) is 1.74. The third kappa shape index (κ3) is 5.14. The fraction of sp³-hybridized carbons (Fsp3) is 0.471. The summed E-state index contributed by atoms with van der Waals surface area (Å²) in [5.41, 5.74) is 4.38. The molecule has 21 heavy (non-hydrogen) atoms. The number of hydrogen-bond acceptors (Lipinski definition) is 4. The van der Waals surface area contributed by atoms with Crippen molar-refractivity contribution in [3.05, 3.63) is 46.4 Å². The monoisotopic (exact) mass is 304 g/mol. The number of methoxy groups -OCH3 is 1. The van der Waals surface area contributed by atoms with Gasteiger partial charge in [0, 0.05) is 5.38 Å². The molecule has 114 valence electrons. The number of aromatic nitrogens is 1. The van der Waals surface area contributed by atoms with E-state index in [4.69, 9.17) is 4.74 Å². The highest BCUT2D eigenvalue weighted by atomic mass is 32.1. The van der Waals surface area contributed by atoms with Crippen molar-refractivity contribution in [2.75, 3.05) is 20.2 Å². The summed E-state index contributed by atoms with van der Waals surface area (Å²) in [5, 5.41) is 5.69. The Morgan fingerprint density at radius 1 is 1.29 bits per heavy atom. The Kier molecular flexibility index (Phi) is 6.70. The first-order valence-corrected chi connectivity index (χ1v) is 8.47. The predicted molar refractivity (Wildman–Crippen MR) is 89.2 cm³/mol. The van der Waals surface area contributed by atoms with Crippen LogP contribution in [0.1, 0.15) is 24.6 Å². The van der Waals surface area contributed by atoms with E-state index >= 15 is 0 Å². The summed E-state index contributed by atoms with van der Waals surface area (Å²) in [6.45, 7) is 4.28. The Hall–Kier alpha value is -1.39. The second-order valence-electron chi connectivity index (χ2n) is 5.27. The molecular formula is C17H24N2OS. The van der Waals surface area contributed by atoms with E-state index in [-0.39, 0.29) is 0 Å². The van der Waals surface area contributed by atoms with Crippen LogP contribution >= 0.6 is 11.3 Å². The van der Waals surface area contributed by atoms with E-state index in [1.54, 1.807) is 18.4 Å². The molecule has 2 aromatic rings. The van der Waals surface area contributed by atoms with Crippen LogP contribution in [0.15, 0.2) is 35.2 Å². The molecule has 2 rings (SSSR count). The molecule has 0 aliphatic rings. The van der Waals surface area contributed by atoms with Gasteiger partial charge in [0.1, 0.15) is 5.75 Å². The standard InChI is InChI=1S/C17H24N2OS/c1-3-8-18-11-14(10-16-12-21-13-19-16)9-15-6-4-5-7-17(15)20-2/h4-7,12-14,18H,3,8-11H2,1-2H3. The summed E-state index contributed by atoms with van der Waals surface area (Å²) < 4.78 is 5.47. The van der Waals surface area contributed by atoms with Gasteiger partial charge in [0.15, 0.2) is 0 Å². The van der Waals surface area contributed by atoms with Crippen molar-refractivity contribution >= 4 is 11.3 Å². The number of hydrogen-bond donors (Lipinski definition) is 1. The van der Waals surface area contributed by atoms with Gasteiger partial charge in [-0.15, -0.1) is 11.3 Å². The van der Waals surface area contributed by atoms with Crippen LogP contribution in [0.4, 0.5) is 0 Å². The first-order chi connectivity index (χ1) is 10.3. The number of rotatable bonds is 9. The van der Waals surface area contributed by atoms with Gasteiger partial charge in [-0.25, -0.2) is 4.98 Å². The van der Waals surface area contributed by atoms with Gasteiger partial charge in [-0.1, -0.05) is 25.1 Å². The SMILES string of the molecule is CCCNCC(Cc1cscn1)Cc1ccccc1OC. The lowest BCUT2D eigenvalue weighted by Gasteiger charge is -2.18. The average Bonchev–Trinajstić information content (AvgIpc) is 3.01. The van der Waals surface area contributed by atoms with Crippen molar-refractivity contribution < 1.29 is 4.74 Å². The molecule has 1 aromatic carbocycles. The topological polar surface area (TPSA) is 34.2 Å².